The zero-order valence-electron chi connectivity index (χ0n) is 5.67. The molecule has 0 rings (SSSR count). The molecule has 0 saturated carbocycles. The third-order valence-corrected chi connectivity index (χ3v) is 0.816. The highest BCUT2D eigenvalue weighted by Gasteiger charge is 2.05. The number of hydrogen-bond acceptors (Lipinski definition) is 3. The number of carboxylic acid groups (broad SMARTS) is 1. The number of azide groups is 1. The van der Waals surface area contributed by atoms with E-state index in [0.717, 1.165) is 0 Å². The van der Waals surface area contributed by atoms with Crippen molar-refractivity contribution in [2.75, 3.05) is 6.54 Å². The van der Waals surface area contributed by atoms with Gasteiger partial charge in [0.05, 0.1) is 6.42 Å². The number of aliphatic carboxylic acids is 1. The molecule has 0 aliphatic heterocycles. The van der Waals surface area contributed by atoms with Crippen molar-refractivity contribution in [2.45, 2.75) is 12.5 Å². The number of hydrogen-bond donors (Lipinski definition) is 2. The molecule has 7 heteroatoms. The van der Waals surface area contributed by atoms with Crippen LogP contribution in [0.4, 0.5) is 0 Å². The molecule has 0 aliphatic carbocycles. The van der Waals surface area contributed by atoms with E-state index < -0.39 is 12.0 Å². The summed E-state index contributed by atoms with van der Waals surface area (Å²) in [5, 5.41) is 11.3. The quantitative estimate of drug-likeness (QED) is 0.374. The summed E-state index contributed by atoms with van der Waals surface area (Å²) in [6.45, 7) is 0.0306. The van der Waals surface area contributed by atoms with Gasteiger partial charge in [0.2, 0.25) is 0 Å². The number of halogens is 1. The van der Waals surface area contributed by atoms with Crippen LogP contribution in [0, 0.1) is 0 Å². The lowest BCUT2D eigenvalue weighted by Gasteiger charge is -2.01. The van der Waals surface area contributed by atoms with Gasteiger partial charge in [-0.1, -0.05) is 5.11 Å². The van der Waals surface area contributed by atoms with Gasteiger partial charge in [0.25, 0.3) is 0 Å². The van der Waals surface area contributed by atoms with Gasteiger partial charge in [-0.3, -0.25) is 4.79 Å². The van der Waals surface area contributed by atoms with Gasteiger partial charge in [-0.2, -0.15) is 0 Å². The van der Waals surface area contributed by atoms with E-state index in [9.17, 15) is 4.79 Å². The SMILES string of the molecule is Cl.[N-]=[N+]=NC[C@H](N)CC(=O)O. The van der Waals surface area contributed by atoms with Crippen LogP contribution in [0.25, 0.3) is 10.4 Å². The van der Waals surface area contributed by atoms with Crippen LogP contribution >= 0.6 is 12.4 Å². The van der Waals surface area contributed by atoms with E-state index in [1.165, 1.54) is 0 Å². The summed E-state index contributed by atoms with van der Waals surface area (Å²) >= 11 is 0. The molecule has 6 nitrogen and oxygen atoms in total. The molecule has 0 aromatic heterocycles. The lowest BCUT2D eigenvalue weighted by Crippen LogP contribution is -2.26. The van der Waals surface area contributed by atoms with Crippen LogP contribution in [0.5, 0.6) is 0 Å². The van der Waals surface area contributed by atoms with Crippen molar-refractivity contribution in [3.63, 3.8) is 0 Å². The molecule has 0 spiro atoms. The molecule has 0 aliphatic rings. The van der Waals surface area contributed by atoms with Gasteiger partial charge in [-0.15, -0.1) is 12.4 Å². The average Bonchev–Trinajstić information content (AvgIpc) is 1.82. The predicted molar refractivity (Wildman–Crippen MR) is 41.5 cm³/mol. The van der Waals surface area contributed by atoms with Gasteiger partial charge in [0, 0.05) is 17.5 Å². The van der Waals surface area contributed by atoms with Crippen molar-refractivity contribution < 1.29 is 9.90 Å². The van der Waals surface area contributed by atoms with Crippen molar-refractivity contribution >= 4 is 18.4 Å². The molecule has 0 unspecified atom stereocenters. The van der Waals surface area contributed by atoms with E-state index in [1.54, 1.807) is 0 Å². The Morgan fingerprint density at radius 3 is 2.73 bits per heavy atom. The minimum atomic E-state index is -0.986. The molecule has 64 valence electrons. The number of nitrogens with two attached hydrogens (primary N) is 1. The maximum absolute atomic E-state index is 9.96. The Bertz CT molecular complexity index is 163. The summed E-state index contributed by atoms with van der Waals surface area (Å²) in [4.78, 5) is 12.4. The van der Waals surface area contributed by atoms with Crippen molar-refractivity contribution in [2.24, 2.45) is 10.8 Å². The molecule has 0 radical (unpaired) electrons. The molecule has 0 saturated heterocycles. The molecule has 1 atom stereocenters. The minimum Gasteiger partial charge on any atom is -0.481 e. The highest BCUT2D eigenvalue weighted by Crippen LogP contribution is 1.88. The molecular formula is C4H9ClN4O2. The highest BCUT2D eigenvalue weighted by atomic mass is 35.5. The number of carbonyl (C=O) groups is 1. The molecular weight excluding hydrogens is 172 g/mol. The molecule has 0 bridgehead atoms. The fraction of sp³-hybridized carbons (Fsp3) is 0.750. The fourth-order valence-corrected chi connectivity index (χ4v) is 0.430. The minimum absolute atomic E-state index is 0. The Kier molecular flexibility index (Phi) is 8.23. The third-order valence-electron chi connectivity index (χ3n) is 0.816. The Hall–Kier alpha value is -0.970. The first-order chi connectivity index (χ1) is 4.66. The standard InChI is InChI=1S/C4H8N4O2.ClH/c5-3(1-4(9)10)2-7-8-6;/h3H,1-2,5H2,(H,9,10);1H/t3-;/m1./s1. The van der Waals surface area contributed by atoms with E-state index >= 15 is 0 Å². The van der Waals surface area contributed by atoms with Gasteiger partial charge in [0.15, 0.2) is 0 Å². The molecule has 0 fully saturated rings. The lowest BCUT2D eigenvalue weighted by molar-refractivity contribution is -0.137. The molecule has 3 N–H and O–H groups in total. The second-order valence-electron chi connectivity index (χ2n) is 1.77. The lowest BCUT2D eigenvalue weighted by atomic mass is 10.2. The van der Waals surface area contributed by atoms with Crippen molar-refractivity contribution in [1.82, 2.24) is 0 Å². The van der Waals surface area contributed by atoms with Gasteiger partial charge in [-0.05, 0) is 5.53 Å². The summed E-state index contributed by atoms with van der Waals surface area (Å²) in [6, 6.07) is -0.576. The van der Waals surface area contributed by atoms with E-state index in [1.807, 2.05) is 0 Å². The monoisotopic (exact) mass is 180 g/mol. The van der Waals surface area contributed by atoms with Crippen LogP contribution in [0.3, 0.4) is 0 Å². The van der Waals surface area contributed by atoms with Gasteiger partial charge in [-0.25, -0.2) is 0 Å². The van der Waals surface area contributed by atoms with Gasteiger partial charge in [0.1, 0.15) is 0 Å². The topological polar surface area (TPSA) is 112 Å². The average molecular weight is 181 g/mol. The summed E-state index contributed by atoms with van der Waals surface area (Å²) in [5.41, 5.74) is 13.0. The van der Waals surface area contributed by atoms with Crippen LogP contribution in [0.2, 0.25) is 0 Å². The number of nitrogens with zero attached hydrogens (tertiary/aromatic N) is 3. The Morgan fingerprint density at radius 1 is 1.82 bits per heavy atom. The first-order valence-electron chi connectivity index (χ1n) is 2.65. The predicted octanol–water partition coefficient (Wildman–Crippen LogP) is 0.520. The van der Waals surface area contributed by atoms with Gasteiger partial charge >= 0.3 is 5.97 Å². The van der Waals surface area contributed by atoms with E-state index in [-0.39, 0.29) is 25.4 Å². The highest BCUT2D eigenvalue weighted by molar-refractivity contribution is 5.85. The van der Waals surface area contributed by atoms with E-state index in [2.05, 4.69) is 10.0 Å². The summed E-state index contributed by atoms with van der Waals surface area (Å²) in [6.07, 6.45) is -0.168. The first-order valence-corrected chi connectivity index (χ1v) is 2.65. The Labute approximate surface area is 69.4 Å². The Balaban J connectivity index is 0. The van der Waals surface area contributed by atoms with Crippen LogP contribution in [-0.4, -0.2) is 23.7 Å². The van der Waals surface area contributed by atoms with Crippen LogP contribution < -0.4 is 5.73 Å². The molecule has 11 heavy (non-hydrogen) atoms. The zero-order valence-corrected chi connectivity index (χ0v) is 6.49. The zero-order chi connectivity index (χ0) is 7.98. The molecule has 0 aromatic carbocycles. The van der Waals surface area contributed by atoms with E-state index in [4.69, 9.17) is 16.4 Å². The van der Waals surface area contributed by atoms with Crippen molar-refractivity contribution in [3.05, 3.63) is 10.4 Å². The van der Waals surface area contributed by atoms with Gasteiger partial charge < -0.3 is 10.8 Å². The normalized spacial score (nSPS) is 10.6. The fourth-order valence-electron chi connectivity index (χ4n) is 0.430. The third kappa shape index (κ3) is 9.03. The molecule has 0 amide bonds. The Morgan fingerprint density at radius 2 is 2.36 bits per heavy atom. The summed E-state index contributed by atoms with van der Waals surface area (Å²) in [5.74, 6) is -0.986. The maximum atomic E-state index is 9.96. The smallest absolute Gasteiger partial charge is 0.304 e. The van der Waals surface area contributed by atoms with E-state index in [0.29, 0.717) is 0 Å². The molecule has 0 aromatic rings. The second kappa shape index (κ2) is 7.14. The van der Waals surface area contributed by atoms with Crippen molar-refractivity contribution in [3.8, 4) is 0 Å². The van der Waals surface area contributed by atoms with Crippen LogP contribution in [0.1, 0.15) is 6.42 Å². The van der Waals surface area contributed by atoms with Crippen LogP contribution in [-0.2, 0) is 4.79 Å². The number of carboxylic acids is 1. The molecule has 0 heterocycles. The first kappa shape index (κ1) is 12.7. The summed E-state index contributed by atoms with van der Waals surface area (Å²) in [7, 11) is 0. The van der Waals surface area contributed by atoms with Crippen LogP contribution in [0.15, 0.2) is 5.11 Å². The summed E-state index contributed by atoms with van der Waals surface area (Å²) < 4.78 is 0. The van der Waals surface area contributed by atoms with Crippen molar-refractivity contribution in [1.29, 1.82) is 0 Å². The maximum Gasteiger partial charge on any atom is 0.304 e. The second-order valence-corrected chi connectivity index (χ2v) is 1.77. The number of rotatable bonds is 4. The largest absolute Gasteiger partial charge is 0.481 e.